The molecule has 0 atom stereocenters. The summed E-state index contributed by atoms with van der Waals surface area (Å²) in [4.78, 5) is 0. The molecule has 0 fully saturated rings. The van der Waals surface area contributed by atoms with Gasteiger partial charge in [-0.2, -0.15) is 0 Å². The van der Waals surface area contributed by atoms with Gasteiger partial charge in [0, 0.05) is 17.1 Å². The first kappa shape index (κ1) is 18.6. The third-order valence-electron chi connectivity index (χ3n) is 3.45. The van der Waals surface area contributed by atoms with Crippen molar-refractivity contribution in [2.24, 2.45) is 0 Å². The summed E-state index contributed by atoms with van der Waals surface area (Å²) in [5, 5.41) is 4.35. The minimum atomic E-state index is 0.593. The molecule has 0 aliphatic heterocycles. The van der Waals surface area contributed by atoms with Gasteiger partial charge in [-0.3, -0.25) is 0 Å². The molecular weight excluding hydrogens is 305 g/mol. The predicted molar refractivity (Wildman–Crippen MR) is 92.7 cm³/mol. The van der Waals surface area contributed by atoms with Crippen LogP contribution in [0.5, 0.6) is 5.75 Å². The normalized spacial score (nSPS) is 10.9. The molecule has 0 spiro atoms. The van der Waals surface area contributed by atoms with E-state index < -0.39 is 0 Å². The second-order valence-corrected chi connectivity index (χ2v) is 6.22. The van der Waals surface area contributed by atoms with Crippen LogP contribution >= 0.6 is 23.2 Å². The molecule has 0 bridgehead atoms. The van der Waals surface area contributed by atoms with Gasteiger partial charge in [0.05, 0.1) is 11.6 Å². The van der Waals surface area contributed by atoms with Gasteiger partial charge in [-0.1, -0.05) is 68.7 Å². The zero-order chi connectivity index (χ0) is 15.5. The first-order chi connectivity index (χ1) is 10.2. The first-order valence-electron chi connectivity index (χ1n) is 7.94. The Balaban J connectivity index is 2.34. The Morgan fingerprint density at radius 1 is 1.00 bits per heavy atom. The van der Waals surface area contributed by atoms with Crippen LogP contribution in [0.2, 0.25) is 10.0 Å². The van der Waals surface area contributed by atoms with Gasteiger partial charge >= 0.3 is 0 Å². The number of nitrogens with one attached hydrogen (secondary N) is 1. The van der Waals surface area contributed by atoms with Crippen molar-refractivity contribution >= 4 is 23.2 Å². The molecule has 1 aromatic carbocycles. The molecule has 0 saturated heterocycles. The second-order valence-electron chi connectivity index (χ2n) is 5.38. The van der Waals surface area contributed by atoms with Gasteiger partial charge in [0.2, 0.25) is 0 Å². The molecule has 0 saturated carbocycles. The van der Waals surface area contributed by atoms with E-state index in [1.165, 1.54) is 38.5 Å². The van der Waals surface area contributed by atoms with Crippen molar-refractivity contribution in [2.45, 2.75) is 58.4 Å². The molecule has 0 radical (unpaired) electrons. The van der Waals surface area contributed by atoms with Crippen molar-refractivity contribution in [3.63, 3.8) is 0 Å². The van der Waals surface area contributed by atoms with Crippen molar-refractivity contribution in [2.75, 3.05) is 13.7 Å². The number of rotatable bonds is 11. The molecule has 1 aromatic rings. The zero-order valence-electron chi connectivity index (χ0n) is 13.2. The lowest BCUT2D eigenvalue weighted by Crippen LogP contribution is -2.08. The predicted octanol–water partition coefficient (Wildman–Crippen LogP) is 5.84. The quantitative estimate of drug-likeness (QED) is 0.514. The van der Waals surface area contributed by atoms with E-state index in [2.05, 4.69) is 12.2 Å². The van der Waals surface area contributed by atoms with E-state index in [0.717, 1.165) is 17.7 Å². The summed E-state index contributed by atoms with van der Waals surface area (Å²) in [6.07, 6.45) is 8.92. The maximum atomic E-state index is 6.23. The van der Waals surface area contributed by atoms with Crippen molar-refractivity contribution in [1.82, 2.24) is 5.32 Å². The summed E-state index contributed by atoms with van der Waals surface area (Å²) in [7, 11) is 1.90. The number of unbranched alkanes of at least 4 members (excludes halogenated alkanes) is 6. The summed E-state index contributed by atoms with van der Waals surface area (Å²) in [5.41, 5.74) is 1.01. The van der Waals surface area contributed by atoms with E-state index in [9.17, 15) is 0 Å². The SMILES string of the molecule is CCCCCCCCCOc1c(Cl)cc(Cl)cc1CNC. The molecule has 0 heterocycles. The average Bonchev–Trinajstić information content (AvgIpc) is 2.44. The van der Waals surface area contributed by atoms with Gasteiger partial charge in [-0.05, 0) is 25.6 Å². The highest BCUT2D eigenvalue weighted by Gasteiger charge is 2.10. The fraction of sp³-hybridized carbons (Fsp3) is 0.647. The summed E-state index contributed by atoms with van der Waals surface area (Å²) >= 11 is 12.3. The summed E-state index contributed by atoms with van der Waals surface area (Å²) < 4.78 is 5.87. The lowest BCUT2D eigenvalue weighted by molar-refractivity contribution is 0.301. The van der Waals surface area contributed by atoms with E-state index in [0.29, 0.717) is 23.2 Å². The van der Waals surface area contributed by atoms with Gasteiger partial charge < -0.3 is 10.1 Å². The Morgan fingerprint density at radius 2 is 1.67 bits per heavy atom. The van der Waals surface area contributed by atoms with Crippen LogP contribution in [0.4, 0.5) is 0 Å². The van der Waals surface area contributed by atoms with Crippen LogP contribution in [0.1, 0.15) is 57.4 Å². The Bertz CT molecular complexity index is 410. The van der Waals surface area contributed by atoms with E-state index in [-0.39, 0.29) is 0 Å². The Morgan fingerprint density at radius 3 is 2.33 bits per heavy atom. The van der Waals surface area contributed by atoms with E-state index >= 15 is 0 Å². The minimum Gasteiger partial charge on any atom is -0.492 e. The number of halogens is 2. The van der Waals surface area contributed by atoms with E-state index in [1.807, 2.05) is 13.1 Å². The zero-order valence-corrected chi connectivity index (χ0v) is 14.7. The fourth-order valence-electron chi connectivity index (χ4n) is 2.33. The lowest BCUT2D eigenvalue weighted by atomic mass is 10.1. The fourth-order valence-corrected chi connectivity index (χ4v) is 2.92. The van der Waals surface area contributed by atoms with E-state index in [4.69, 9.17) is 27.9 Å². The third kappa shape index (κ3) is 7.39. The molecule has 4 heteroatoms. The van der Waals surface area contributed by atoms with Crippen molar-refractivity contribution in [3.05, 3.63) is 27.7 Å². The van der Waals surface area contributed by atoms with Crippen LogP contribution in [-0.2, 0) is 6.54 Å². The third-order valence-corrected chi connectivity index (χ3v) is 3.95. The molecule has 0 aliphatic carbocycles. The van der Waals surface area contributed by atoms with Crippen LogP contribution in [0.15, 0.2) is 12.1 Å². The van der Waals surface area contributed by atoms with Crippen LogP contribution < -0.4 is 10.1 Å². The monoisotopic (exact) mass is 331 g/mol. The number of hydrogen-bond acceptors (Lipinski definition) is 2. The van der Waals surface area contributed by atoms with Gasteiger partial charge in [0.25, 0.3) is 0 Å². The molecule has 0 unspecified atom stereocenters. The van der Waals surface area contributed by atoms with Crippen LogP contribution in [0, 0.1) is 0 Å². The molecular formula is C17H27Cl2NO. The summed E-state index contributed by atoms with van der Waals surface area (Å²) in [6, 6.07) is 3.65. The Hall–Kier alpha value is -0.440. The summed E-state index contributed by atoms with van der Waals surface area (Å²) in [6.45, 7) is 3.66. The average molecular weight is 332 g/mol. The van der Waals surface area contributed by atoms with Crippen LogP contribution in [0.3, 0.4) is 0 Å². The standard InChI is InChI=1S/C17H27Cl2NO/c1-3-4-5-6-7-8-9-10-21-17-14(13-20-2)11-15(18)12-16(17)19/h11-12,20H,3-10,13H2,1-2H3. The van der Waals surface area contributed by atoms with E-state index in [1.54, 1.807) is 6.07 Å². The molecule has 2 nitrogen and oxygen atoms in total. The Kier molecular flexibility index (Phi) is 9.90. The lowest BCUT2D eigenvalue weighted by Gasteiger charge is -2.13. The minimum absolute atomic E-state index is 0.593. The highest BCUT2D eigenvalue weighted by Crippen LogP contribution is 2.32. The molecule has 1 rings (SSSR count). The summed E-state index contributed by atoms with van der Waals surface area (Å²) in [5.74, 6) is 0.765. The van der Waals surface area contributed by atoms with Crippen molar-refractivity contribution in [1.29, 1.82) is 0 Å². The van der Waals surface area contributed by atoms with Crippen LogP contribution in [0.25, 0.3) is 0 Å². The van der Waals surface area contributed by atoms with Gasteiger partial charge in [0.1, 0.15) is 5.75 Å². The van der Waals surface area contributed by atoms with Gasteiger partial charge in [0.15, 0.2) is 0 Å². The number of benzene rings is 1. The van der Waals surface area contributed by atoms with Crippen LogP contribution in [-0.4, -0.2) is 13.7 Å². The molecule has 21 heavy (non-hydrogen) atoms. The number of ether oxygens (including phenoxy) is 1. The highest BCUT2D eigenvalue weighted by molar-refractivity contribution is 6.35. The maximum Gasteiger partial charge on any atom is 0.142 e. The molecule has 1 N–H and O–H groups in total. The largest absolute Gasteiger partial charge is 0.492 e. The highest BCUT2D eigenvalue weighted by atomic mass is 35.5. The molecule has 120 valence electrons. The molecule has 0 amide bonds. The Labute approximate surface area is 139 Å². The second kappa shape index (κ2) is 11.2. The van der Waals surface area contributed by atoms with Gasteiger partial charge in [-0.15, -0.1) is 0 Å². The number of hydrogen-bond donors (Lipinski definition) is 1. The maximum absolute atomic E-state index is 6.23. The van der Waals surface area contributed by atoms with Gasteiger partial charge in [-0.25, -0.2) is 0 Å². The molecule has 0 aliphatic rings. The van der Waals surface area contributed by atoms with Crippen molar-refractivity contribution < 1.29 is 4.74 Å². The molecule has 0 aromatic heterocycles. The smallest absolute Gasteiger partial charge is 0.142 e. The topological polar surface area (TPSA) is 21.3 Å². The van der Waals surface area contributed by atoms with Crippen molar-refractivity contribution in [3.8, 4) is 5.75 Å². The first-order valence-corrected chi connectivity index (χ1v) is 8.70.